The molecule has 0 aromatic heterocycles. The fourth-order valence-corrected chi connectivity index (χ4v) is 2.40. The van der Waals surface area contributed by atoms with Crippen molar-refractivity contribution in [3.05, 3.63) is 29.3 Å². The minimum absolute atomic E-state index is 0.290. The van der Waals surface area contributed by atoms with Gasteiger partial charge in [0, 0.05) is 24.8 Å². The van der Waals surface area contributed by atoms with E-state index in [9.17, 15) is 0 Å². The number of aryl methyl sites for hydroxylation is 1. The molecule has 1 aromatic rings. The Morgan fingerprint density at radius 1 is 1.41 bits per heavy atom. The lowest BCUT2D eigenvalue weighted by molar-refractivity contribution is 0.0343. The summed E-state index contributed by atoms with van der Waals surface area (Å²) in [7, 11) is 0. The molecule has 0 radical (unpaired) electrons. The monoisotopic (exact) mass is 234 g/mol. The van der Waals surface area contributed by atoms with Crippen molar-refractivity contribution in [1.82, 2.24) is 0 Å². The molecule has 1 aliphatic rings. The Kier molecular flexibility index (Phi) is 3.69. The van der Waals surface area contributed by atoms with E-state index in [0.29, 0.717) is 12.6 Å². The number of anilines is 1. The van der Waals surface area contributed by atoms with Gasteiger partial charge in [-0.3, -0.25) is 0 Å². The highest BCUT2D eigenvalue weighted by atomic mass is 16.5. The number of rotatable bonds is 2. The average molecular weight is 234 g/mol. The van der Waals surface area contributed by atoms with Crippen LogP contribution in [0.15, 0.2) is 18.2 Å². The molecule has 3 heteroatoms. The van der Waals surface area contributed by atoms with Crippen molar-refractivity contribution >= 4 is 5.69 Å². The summed E-state index contributed by atoms with van der Waals surface area (Å²) in [6.07, 6.45) is 0.290. The summed E-state index contributed by atoms with van der Waals surface area (Å²) in [6, 6.07) is 6.94. The second kappa shape index (κ2) is 5.07. The van der Waals surface area contributed by atoms with Crippen molar-refractivity contribution in [1.29, 1.82) is 0 Å². The Labute approximate surface area is 104 Å². The fourth-order valence-electron chi connectivity index (χ4n) is 2.40. The maximum atomic E-state index is 5.85. The molecule has 1 saturated heterocycles. The Hall–Kier alpha value is -1.06. The number of hydrogen-bond acceptors (Lipinski definition) is 3. The summed E-state index contributed by atoms with van der Waals surface area (Å²) in [6.45, 7) is 8.75. The predicted octanol–water partition coefficient (Wildman–Crippen LogP) is 2.07. The second-order valence-corrected chi connectivity index (χ2v) is 4.98. The third kappa shape index (κ3) is 2.61. The molecule has 3 nitrogen and oxygen atoms in total. The molecule has 1 fully saturated rings. The van der Waals surface area contributed by atoms with Crippen LogP contribution in [0, 0.1) is 6.92 Å². The molecule has 0 saturated carbocycles. The van der Waals surface area contributed by atoms with Gasteiger partial charge >= 0.3 is 0 Å². The number of morpholine rings is 1. The van der Waals surface area contributed by atoms with Crippen molar-refractivity contribution < 1.29 is 4.74 Å². The summed E-state index contributed by atoms with van der Waals surface area (Å²) in [5, 5.41) is 0. The van der Waals surface area contributed by atoms with Gasteiger partial charge in [0.25, 0.3) is 0 Å². The minimum atomic E-state index is 0.290. The highest BCUT2D eigenvalue weighted by Crippen LogP contribution is 2.26. The topological polar surface area (TPSA) is 38.5 Å². The molecular formula is C14H22N2O. The molecule has 2 atom stereocenters. The Morgan fingerprint density at radius 3 is 2.88 bits per heavy atom. The molecule has 0 spiro atoms. The molecule has 17 heavy (non-hydrogen) atoms. The Balaban J connectivity index is 2.31. The van der Waals surface area contributed by atoms with Gasteiger partial charge in [0.15, 0.2) is 0 Å². The molecule has 2 unspecified atom stereocenters. The maximum Gasteiger partial charge on any atom is 0.0723 e. The third-order valence-corrected chi connectivity index (χ3v) is 3.37. The zero-order valence-electron chi connectivity index (χ0n) is 10.9. The quantitative estimate of drug-likeness (QED) is 0.851. The lowest BCUT2D eigenvalue weighted by Crippen LogP contribution is -2.47. The van der Waals surface area contributed by atoms with Crippen LogP contribution in [0.25, 0.3) is 0 Å². The van der Waals surface area contributed by atoms with E-state index in [1.54, 1.807) is 0 Å². The normalized spacial score (nSPS) is 25.1. The van der Waals surface area contributed by atoms with Gasteiger partial charge < -0.3 is 15.4 Å². The summed E-state index contributed by atoms with van der Waals surface area (Å²) < 4.78 is 5.67. The first-order valence-electron chi connectivity index (χ1n) is 6.29. The van der Waals surface area contributed by atoms with E-state index >= 15 is 0 Å². The molecule has 1 heterocycles. The molecule has 2 N–H and O–H groups in total. The SMILES string of the molecule is Cc1ccc(N2CC(C)OCC2C)c(CN)c1. The summed E-state index contributed by atoms with van der Waals surface area (Å²) in [4.78, 5) is 2.41. The highest BCUT2D eigenvalue weighted by Gasteiger charge is 2.24. The smallest absolute Gasteiger partial charge is 0.0723 e. The first-order chi connectivity index (χ1) is 8.11. The zero-order valence-corrected chi connectivity index (χ0v) is 10.9. The Morgan fingerprint density at radius 2 is 2.18 bits per heavy atom. The van der Waals surface area contributed by atoms with Crippen LogP contribution in [-0.2, 0) is 11.3 Å². The number of nitrogens with zero attached hydrogens (tertiary/aromatic N) is 1. The first-order valence-corrected chi connectivity index (χ1v) is 6.29. The van der Waals surface area contributed by atoms with E-state index in [1.165, 1.54) is 16.8 Å². The van der Waals surface area contributed by atoms with Crippen molar-refractivity contribution in [2.45, 2.75) is 39.5 Å². The van der Waals surface area contributed by atoms with E-state index in [0.717, 1.165) is 13.2 Å². The van der Waals surface area contributed by atoms with Gasteiger partial charge in [-0.15, -0.1) is 0 Å². The van der Waals surface area contributed by atoms with Gasteiger partial charge in [0.1, 0.15) is 0 Å². The van der Waals surface area contributed by atoms with Gasteiger partial charge in [0.2, 0.25) is 0 Å². The molecular weight excluding hydrogens is 212 g/mol. The van der Waals surface area contributed by atoms with Crippen molar-refractivity contribution in [3.8, 4) is 0 Å². The lowest BCUT2D eigenvalue weighted by atomic mass is 10.1. The second-order valence-electron chi connectivity index (χ2n) is 4.98. The number of hydrogen-bond donors (Lipinski definition) is 1. The Bertz CT molecular complexity index is 392. The van der Waals surface area contributed by atoms with Gasteiger partial charge in [-0.2, -0.15) is 0 Å². The third-order valence-electron chi connectivity index (χ3n) is 3.37. The number of nitrogens with two attached hydrogens (primary N) is 1. The van der Waals surface area contributed by atoms with E-state index in [2.05, 4.69) is 43.9 Å². The van der Waals surface area contributed by atoms with Crippen LogP contribution in [0.5, 0.6) is 0 Å². The molecule has 0 amide bonds. The zero-order chi connectivity index (χ0) is 12.4. The van der Waals surface area contributed by atoms with Crippen molar-refractivity contribution in [2.75, 3.05) is 18.1 Å². The number of benzene rings is 1. The lowest BCUT2D eigenvalue weighted by Gasteiger charge is -2.39. The largest absolute Gasteiger partial charge is 0.375 e. The summed E-state index contributed by atoms with van der Waals surface area (Å²) >= 11 is 0. The van der Waals surface area contributed by atoms with Crippen LogP contribution in [0.1, 0.15) is 25.0 Å². The molecule has 1 aromatic carbocycles. The van der Waals surface area contributed by atoms with Gasteiger partial charge in [-0.1, -0.05) is 17.7 Å². The van der Waals surface area contributed by atoms with Crippen LogP contribution in [-0.4, -0.2) is 25.3 Å². The van der Waals surface area contributed by atoms with Crippen LogP contribution in [0.2, 0.25) is 0 Å². The van der Waals surface area contributed by atoms with E-state index in [-0.39, 0.29) is 6.10 Å². The van der Waals surface area contributed by atoms with E-state index in [4.69, 9.17) is 10.5 Å². The molecule has 2 rings (SSSR count). The fraction of sp³-hybridized carbons (Fsp3) is 0.571. The van der Waals surface area contributed by atoms with Gasteiger partial charge in [-0.25, -0.2) is 0 Å². The minimum Gasteiger partial charge on any atom is -0.375 e. The average Bonchev–Trinajstić information content (AvgIpc) is 2.32. The van der Waals surface area contributed by atoms with Gasteiger partial charge in [0.05, 0.1) is 12.7 Å². The maximum absolute atomic E-state index is 5.85. The summed E-state index contributed by atoms with van der Waals surface area (Å²) in [5.41, 5.74) is 9.61. The number of ether oxygens (including phenoxy) is 1. The van der Waals surface area contributed by atoms with Crippen LogP contribution in [0.3, 0.4) is 0 Å². The molecule has 1 aliphatic heterocycles. The first kappa shape index (κ1) is 12.4. The van der Waals surface area contributed by atoms with E-state index < -0.39 is 0 Å². The highest BCUT2D eigenvalue weighted by molar-refractivity contribution is 5.56. The van der Waals surface area contributed by atoms with Crippen LogP contribution in [0.4, 0.5) is 5.69 Å². The van der Waals surface area contributed by atoms with Crippen LogP contribution < -0.4 is 10.6 Å². The van der Waals surface area contributed by atoms with Crippen molar-refractivity contribution in [3.63, 3.8) is 0 Å². The van der Waals surface area contributed by atoms with E-state index in [1.807, 2.05) is 0 Å². The molecule has 94 valence electrons. The molecule has 0 bridgehead atoms. The summed E-state index contributed by atoms with van der Waals surface area (Å²) in [5.74, 6) is 0. The van der Waals surface area contributed by atoms with Crippen LogP contribution >= 0.6 is 0 Å². The van der Waals surface area contributed by atoms with Crippen molar-refractivity contribution in [2.24, 2.45) is 5.73 Å². The predicted molar refractivity (Wildman–Crippen MR) is 71.3 cm³/mol. The molecule has 0 aliphatic carbocycles. The van der Waals surface area contributed by atoms with Gasteiger partial charge in [-0.05, 0) is 32.4 Å². The standard InChI is InChI=1S/C14H22N2O/c1-10-4-5-14(13(6-10)7-15)16-8-12(3)17-9-11(16)2/h4-6,11-12H,7-9,15H2,1-3H3.